The Morgan fingerprint density at radius 1 is 1.25 bits per heavy atom. The zero-order chi connectivity index (χ0) is 12.7. The highest BCUT2D eigenvalue weighted by molar-refractivity contribution is 5.69. The average Bonchev–Trinajstić information content (AvgIpc) is 2.43. The second-order valence-corrected chi connectivity index (χ2v) is 6.61. The number of nitrogens with zero attached hydrogens (tertiary/aromatic N) is 1. The molecule has 0 saturated carbocycles. The summed E-state index contributed by atoms with van der Waals surface area (Å²) in [6.45, 7) is 14.0. The van der Waals surface area contributed by atoms with E-state index in [2.05, 4.69) is 41.5 Å². The second-order valence-electron chi connectivity index (χ2n) is 6.61. The minimum Gasteiger partial charge on any atom is -0.543 e. The van der Waals surface area contributed by atoms with Crippen molar-refractivity contribution in [2.24, 2.45) is 0 Å². The Bertz CT molecular complexity index is 254. The molecule has 0 amide bonds. The average molecular weight is 228 g/mol. The minimum absolute atomic E-state index is 0.0647. The first kappa shape index (κ1) is 13.5. The summed E-state index contributed by atoms with van der Waals surface area (Å²) in [5, 5.41) is 11.3. The molecular weight excluding hydrogens is 204 g/mol. The Morgan fingerprint density at radius 3 is 2.06 bits per heavy atom. The normalized spacial score (nSPS) is 28.4. The van der Waals surface area contributed by atoms with Crippen molar-refractivity contribution in [3.05, 3.63) is 0 Å². The summed E-state index contributed by atoms with van der Waals surface area (Å²) >= 11 is 0. The Morgan fingerprint density at radius 2 is 1.75 bits per heavy atom. The van der Waals surface area contributed by atoms with Crippen LogP contribution in [-0.2, 0) is 4.79 Å². The number of nitrogens with one attached hydrogen (secondary N) is 1. The number of carbonyl (C=O) groups excluding carboxylic acids is 1. The fourth-order valence-corrected chi connectivity index (χ4v) is 2.47. The van der Waals surface area contributed by atoms with Gasteiger partial charge in [-0.05, 0) is 41.5 Å². The zero-order valence-electron chi connectivity index (χ0n) is 11.3. The number of hydrogen-bond donors (Lipinski definition) is 1. The molecule has 16 heavy (non-hydrogen) atoms. The molecule has 1 rings (SSSR count). The van der Waals surface area contributed by atoms with Gasteiger partial charge in [-0.15, -0.1) is 0 Å². The van der Waals surface area contributed by atoms with Gasteiger partial charge in [0.1, 0.15) is 5.97 Å². The van der Waals surface area contributed by atoms with Gasteiger partial charge in [-0.1, -0.05) is 0 Å². The van der Waals surface area contributed by atoms with Crippen LogP contribution in [0.3, 0.4) is 0 Å². The van der Waals surface area contributed by atoms with Crippen molar-refractivity contribution in [3.63, 3.8) is 0 Å². The van der Waals surface area contributed by atoms with E-state index in [4.69, 9.17) is 0 Å². The van der Waals surface area contributed by atoms with Crippen LogP contribution in [0.1, 0.15) is 41.5 Å². The molecule has 2 atom stereocenters. The van der Waals surface area contributed by atoms with Crippen LogP contribution in [0.15, 0.2) is 0 Å². The van der Waals surface area contributed by atoms with E-state index in [1.807, 2.05) is 4.90 Å². The fourth-order valence-electron chi connectivity index (χ4n) is 2.47. The van der Waals surface area contributed by atoms with E-state index < -0.39 is 12.1 Å². The predicted molar refractivity (Wildman–Crippen MR) is 60.8 cm³/mol. The Kier molecular flexibility index (Phi) is 3.37. The van der Waals surface area contributed by atoms with E-state index in [9.17, 15) is 9.90 Å². The highest BCUT2D eigenvalue weighted by Crippen LogP contribution is 2.17. The Labute approximate surface area is 98.2 Å². The van der Waals surface area contributed by atoms with Gasteiger partial charge in [0.25, 0.3) is 0 Å². The van der Waals surface area contributed by atoms with Crippen molar-refractivity contribution >= 4 is 5.97 Å². The lowest BCUT2D eigenvalue weighted by atomic mass is 10.0. The monoisotopic (exact) mass is 228 g/mol. The molecule has 1 N–H and O–H groups in total. The molecule has 1 fully saturated rings. The summed E-state index contributed by atoms with van der Waals surface area (Å²) in [5.74, 6) is -0.961. The largest absolute Gasteiger partial charge is 0.543 e. The van der Waals surface area contributed by atoms with E-state index in [-0.39, 0.29) is 11.1 Å². The number of hydrogen-bond acceptors (Lipinski definition) is 3. The molecule has 0 aliphatic carbocycles. The van der Waals surface area contributed by atoms with Crippen molar-refractivity contribution in [3.8, 4) is 0 Å². The topological polar surface area (TPSA) is 47.8 Å². The molecule has 1 aliphatic heterocycles. The van der Waals surface area contributed by atoms with Gasteiger partial charge in [0.15, 0.2) is 6.17 Å². The lowest BCUT2D eigenvalue weighted by molar-refractivity contribution is -0.957. The third kappa shape index (κ3) is 2.55. The third-order valence-electron chi connectivity index (χ3n) is 3.31. The van der Waals surface area contributed by atoms with Crippen molar-refractivity contribution < 1.29 is 14.8 Å². The number of carboxylic acid groups (broad SMARTS) is 1. The van der Waals surface area contributed by atoms with Gasteiger partial charge in [0.05, 0.1) is 18.6 Å². The summed E-state index contributed by atoms with van der Waals surface area (Å²) in [6, 6.07) is 0. The van der Waals surface area contributed by atoms with Crippen LogP contribution < -0.4 is 10.0 Å². The van der Waals surface area contributed by atoms with Gasteiger partial charge >= 0.3 is 0 Å². The van der Waals surface area contributed by atoms with E-state index in [0.717, 1.165) is 18.0 Å². The molecule has 1 aliphatic rings. The molecular formula is C12H24N2O2. The van der Waals surface area contributed by atoms with Gasteiger partial charge in [-0.2, -0.15) is 0 Å². The molecule has 2 unspecified atom stereocenters. The van der Waals surface area contributed by atoms with Crippen LogP contribution in [0.4, 0.5) is 0 Å². The van der Waals surface area contributed by atoms with Gasteiger partial charge in [-0.3, -0.25) is 0 Å². The van der Waals surface area contributed by atoms with Gasteiger partial charge in [-0.25, -0.2) is 4.90 Å². The zero-order valence-corrected chi connectivity index (χ0v) is 11.3. The number of aliphatic carboxylic acids is 1. The summed E-state index contributed by atoms with van der Waals surface area (Å²) in [6.07, 6.45) is -0.528. The van der Waals surface area contributed by atoms with Crippen molar-refractivity contribution in [1.29, 1.82) is 0 Å². The minimum atomic E-state index is -0.961. The van der Waals surface area contributed by atoms with E-state index in [0.29, 0.717) is 0 Å². The Balaban J connectivity index is 2.99. The summed E-state index contributed by atoms with van der Waals surface area (Å²) in [7, 11) is 0. The first-order valence-corrected chi connectivity index (χ1v) is 5.89. The van der Waals surface area contributed by atoms with Gasteiger partial charge in [0, 0.05) is 5.54 Å². The first-order valence-electron chi connectivity index (χ1n) is 5.89. The number of carboxylic acids is 1. The molecule has 0 bridgehead atoms. The highest BCUT2D eigenvalue weighted by atomic mass is 16.4. The lowest BCUT2D eigenvalue weighted by Gasteiger charge is -2.40. The summed E-state index contributed by atoms with van der Waals surface area (Å²) in [4.78, 5) is 14.5. The van der Waals surface area contributed by atoms with Crippen molar-refractivity contribution in [1.82, 2.24) is 4.90 Å². The maximum Gasteiger partial charge on any atom is 0.185 e. The van der Waals surface area contributed by atoms with Gasteiger partial charge < -0.3 is 14.8 Å². The Hall–Kier alpha value is -0.610. The van der Waals surface area contributed by atoms with E-state index in [1.165, 1.54) is 0 Å². The van der Waals surface area contributed by atoms with Crippen LogP contribution in [0, 0.1) is 0 Å². The van der Waals surface area contributed by atoms with Gasteiger partial charge in [0.2, 0.25) is 0 Å². The summed E-state index contributed by atoms with van der Waals surface area (Å²) < 4.78 is 0. The molecule has 94 valence electrons. The highest BCUT2D eigenvalue weighted by Gasteiger charge is 2.46. The van der Waals surface area contributed by atoms with Crippen LogP contribution in [-0.4, -0.2) is 41.2 Å². The van der Waals surface area contributed by atoms with Crippen molar-refractivity contribution in [2.45, 2.75) is 58.8 Å². The SMILES string of the molecule is CC(C)(C)N1CC[NH+](C(C)(C)C)C1C(=O)[O-]. The molecule has 0 radical (unpaired) electrons. The van der Waals surface area contributed by atoms with Crippen LogP contribution in [0.25, 0.3) is 0 Å². The van der Waals surface area contributed by atoms with Crippen LogP contribution >= 0.6 is 0 Å². The molecule has 0 aromatic rings. The standard InChI is InChI=1S/C12H24N2O2/c1-11(2,3)13-7-8-14(12(4,5)6)9(13)10(15)16/h9H,7-8H2,1-6H3,(H,15,16). The predicted octanol–water partition coefficient (Wildman–Crippen LogP) is -1.14. The van der Waals surface area contributed by atoms with Crippen LogP contribution in [0.2, 0.25) is 0 Å². The second kappa shape index (κ2) is 4.00. The number of carbonyl (C=O) groups is 1. The molecule has 1 heterocycles. The molecule has 0 aromatic carbocycles. The number of quaternary nitrogens is 1. The van der Waals surface area contributed by atoms with E-state index >= 15 is 0 Å². The quantitative estimate of drug-likeness (QED) is 0.617. The fraction of sp³-hybridized carbons (Fsp3) is 0.917. The molecule has 4 nitrogen and oxygen atoms in total. The molecule has 4 heteroatoms. The molecule has 0 spiro atoms. The summed E-state index contributed by atoms with van der Waals surface area (Å²) in [5.41, 5.74) is -0.192. The third-order valence-corrected chi connectivity index (χ3v) is 3.31. The lowest BCUT2D eigenvalue weighted by Crippen LogP contribution is -3.22. The smallest absolute Gasteiger partial charge is 0.185 e. The molecule has 1 saturated heterocycles. The van der Waals surface area contributed by atoms with Crippen molar-refractivity contribution in [2.75, 3.05) is 13.1 Å². The maximum absolute atomic E-state index is 11.3. The van der Waals surface area contributed by atoms with Crippen LogP contribution in [0.5, 0.6) is 0 Å². The number of rotatable bonds is 1. The first-order chi connectivity index (χ1) is 7.05. The maximum atomic E-state index is 11.3. The molecule has 0 aromatic heterocycles. The van der Waals surface area contributed by atoms with E-state index in [1.54, 1.807) is 0 Å².